The number of nitrogens with two attached hydrogens (primary N) is 1. The summed E-state index contributed by atoms with van der Waals surface area (Å²) in [6, 6.07) is 7.65. The molecule has 0 bridgehead atoms. The number of fused-ring (bicyclic) bond motifs is 1. The lowest BCUT2D eigenvalue weighted by Gasteiger charge is -2.25. The van der Waals surface area contributed by atoms with Crippen LogP contribution in [0.2, 0.25) is 0 Å². The fraction of sp³-hybridized carbons (Fsp3) is 0.333. The standard InChI is InChI=1S/C15H17N3O3/c16-15(18-19)12-9-17-13-4-2-1-3-11(13)14(12)21-10-5-7-20-8-6-10/h1-4,9-10,19H,5-8H2,(H2,16,18). The van der Waals surface area contributed by atoms with Gasteiger partial charge in [-0.1, -0.05) is 17.3 Å². The van der Waals surface area contributed by atoms with Gasteiger partial charge in [-0.3, -0.25) is 4.98 Å². The van der Waals surface area contributed by atoms with E-state index in [1.165, 1.54) is 0 Å². The second kappa shape index (κ2) is 5.97. The fourth-order valence-corrected chi connectivity index (χ4v) is 2.44. The van der Waals surface area contributed by atoms with E-state index >= 15 is 0 Å². The van der Waals surface area contributed by atoms with E-state index in [0.29, 0.717) is 24.5 Å². The van der Waals surface area contributed by atoms with E-state index in [1.54, 1.807) is 6.20 Å². The lowest BCUT2D eigenvalue weighted by molar-refractivity contribution is 0.0261. The van der Waals surface area contributed by atoms with Crippen LogP contribution in [0.4, 0.5) is 0 Å². The van der Waals surface area contributed by atoms with Gasteiger partial charge in [0.25, 0.3) is 0 Å². The smallest absolute Gasteiger partial charge is 0.175 e. The first-order valence-electron chi connectivity index (χ1n) is 6.89. The van der Waals surface area contributed by atoms with Crippen LogP contribution in [0.5, 0.6) is 5.75 Å². The van der Waals surface area contributed by atoms with Gasteiger partial charge in [-0.2, -0.15) is 0 Å². The van der Waals surface area contributed by atoms with Crippen molar-refractivity contribution in [3.63, 3.8) is 0 Å². The molecule has 2 aromatic rings. The average Bonchev–Trinajstić information content (AvgIpc) is 2.55. The molecule has 6 nitrogen and oxygen atoms in total. The molecule has 0 aliphatic carbocycles. The van der Waals surface area contributed by atoms with Crippen LogP contribution < -0.4 is 10.5 Å². The van der Waals surface area contributed by atoms with Crippen molar-refractivity contribution in [2.45, 2.75) is 18.9 Å². The van der Waals surface area contributed by atoms with Crippen LogP contribution >= 0.6 is 0 Å². The van der Waals surface area contributed by atoms with Gasteiger partial charge < -0.3 is 20.4 Å². The van der Waals surface area contributed by atoms with Crippen molar-refractivity contribution in [1.29, 1.82) is 0 Å². The van der Waals surface area contributed by atoms with E-state index in [1.807, 2.05) is 24.3 Å². The highest BCUT2D eigenvalue weighted by atomic mass is 16.5. The van der Waals surface area contributed by atoms with E-state index in [0.717, 1.165) is 23.7 Å². The van der Waals surface area contributed by atoms with Gasteiger partial charge >= 0.3 is 0 Å². The number of para-hydroxylation sites is 1. The van der Waals surface area contributed by atoms with Gasteiger partial charge in [-0.05, 0) is 12.1 Å². The van der Waals surface area contributed by atoms with Gasteiger partial charge in [-0.15, -0.1) is 0 Å². The highest BCUT2D eigenvalue weighted by molar-refractivity contribution is 6.04. The second-order valence-corrected chi connectivity index (χ2v) is 4.93. The normalized spacial score (nSPS) is 17.0. The lowest BCUT2D eigenvalue weighted by atomic mass is 10.1. The Bertz CT molecular complexity index is 666. The molecule has 3 N–H and O–H groups in total. The Morgan fingerprint density at radius 2 is 2.10 bits per heavy atom. The Kier molecular flexibility index (Phi) is 3.87. The Balaban J connectivity index is 2.06. The number of ether oxygens (including phenoxy) is 2. The molecule has 21 heavy (non-hydrogen) atoms. The van der Waals surface area contributed by atoms with Gasteiger partial charge in [0.15, 0.2) is 5.84 Å². The summed E-state index contributed by atoms with van der Waals surface area (Å²) in [4.78, 5) is 4.33. The minimum absolute atomic E-state index is 0.00434. The first kappa shape index (κ1) is 13.6. The maximum absolute atomic E-state index is 8.95. The number of hydrogen-bond acceptors (Lipinski definition) is 5. The zero-order chi connectivity index (χ0) is 14.7. The van der Waals surface area contributed by atoms with E-state index in [2.05, 4.69) is 10.1 Å². The summed E-state index contributed by atoms with van der Waals surface area (Å²) in [7, 11) is 0. The molecule has 110 valence electrons. The maximum atomic E-state index is 8.95. The predicted molar refractivity (Wildman–Crippen MR) is 78.7 cm³/mol. The average molecular weight is 287 g/mol. The molecular formula is C15H17N3O3. The number of benzene rings is 1. The largest absolute Gasteiger partial charge is 0.489 e. The van der Waals surface area contributed by atoms with E-state index in [9.17, 15) is 0 Å². The first-order chi connectivity index (χ1) is 10.3. The van der Waals surface area contributed by atoms with Gasteiger partial charge in [-0.25, -0.2) is 0 Å². The van der Waals surface area contributed by atoms with Crippen LogP contribution in [0, 0.1) is 0 Å². The summed E-state index contributed by atoms with van der Waals surface area (Å²) in [5.74, 6) is 0.609. The zero-order valence-corrected chi connectivity index (χ0v) is 11.5. The van der Waals surface area contributed by atoms with Crippen molar-refractivity contribution >= 4 is 16.7 Å². The summed E-state index contributed by atoms with van der Waals surface area (Å²) >= 11 is 0. The van der Waals surface area contributed by atoms with Gasteiger partial charge in [0.1, 0.15) is 11.9 Å². The number of amidine groups is 1. The minimum Gasteiger partial charge on any atom is -0.489 e. The number of aromatic nitrogens is 1. The Hall–Kier alpha value is -2.34. The molecule has 1 aliphatic rings. The molecule has 1 saturated heterocycles. The van der Waals surface area contributed by atoms with Crippen molar-refractivity contribution < 1.29 is 14.7 Å². The molecule has 1 aliphatic heterocycles. The molecule has 0 spiro atoms. The van der Waals surface area contributed by atoms with Crippen LogP contribution in [-0.2, 0) is 4.74 Å². The number of nitrogens with zero attached hydrogens (tertiary/aromatic N) is 2. The molecule has 0 amide bonds. The molecule has 2 heterocycles. The summed E-state index contributed by atoms with van der Waals surface area (Å²) in [6.45, 7) is 1.37. The van der Waals surface area contributed by atoms with Crippen molar-refractivity contribution in [3.8, 4) is 5.75 Å². The Morgan fingerprint density at radius 3 is 2.86 bits per heavy atom. The van der Waals surface area contributed by atoms with Gasteiger partial charge in [0.05, 0.1) is 24.3 Å². The molecule has 1 aromatic heterocycles. The van der Waals surface area contributed by atoms with Crippen molar-refractivity contribution in [2.75, 3.05) is 13.2 Å². The zero-order valence-electron chi connectivity index (χ0n) is 11.5. The first-order valence-corrected chi connectivity index (χ1v) is 6.89. The summed E-state index contributed by atoms with van der Waals surface area (Å²) < 4.78 is 11.5. The predicted octanol–water partition coefficient (Wildman–Crippen LogP) is 1.89. The molecule has 1 aromatic carbocycles. The highest BCUT2D eigenvalue weighted by Gasteiger charge is 2.20. The van der Waals surface area contributed by atoms with E-state index in [4.69, 9.17) is 20.4 Å². The number of rotatable bonds is 3. The van der Waals surface area contributed by atoms with E-state index < -0.39 is 0 Å². The molecule has 3 rings (SSSR count). The molecule has 6 heteroatoms. The van der Waals surface area contributed by atoms with Crippen LogP contribution in [0.1, 0.15) is 18.4 Å². The second-order valence-electron chi connectivity index (χ2n) is 4.93. The third-order valence-corrected chi connectivity index (χ3v) is 3.56. The van der Waals surface area contributed by atoms with Crippen LogP contribution in [-0.4, -0.2) is 35.3 Å². The molecular weight excluding hydrogens is 270 g/mol. The lowest BCUT2D eigenvalue weighted by Crippen LogP contribution is -2.27. The van der Waals surface area contributed by atoms with E-state index in [-0.39, 0.29) is 11.9 Å². The molecule has 0 radical (unpaired) electrons. The molecule has 1 fully saturated rings. The molecule has 0 unspecified atom stereocenters. The van der Waals surface area contributed by atoms with Crippen LogP contribution in [0.3, 0.4) is 0 Å². The molecule has 0 saturated carbocycles. The third kappa shape index (κ3) is 2.75. The third-order valence-electron chi connectivity index (χ3n) is 3.56. The van der Waals surface area contributed by atoms with Crippen LogP contribution in [0.15, 0.2) is 35.6 Å². The highest BCUT2D eigenvalue weighted by Crippen LogP contribution is 2.30. The number of hydrogen-bond donors (Lipinski definition) is 2. The van der Waals surface area contributed by atoms with Gasteiger partial charge in [0, 0.05) is 24.4 Å². The summed E-state index contributed by atoms with van der Waals surface area (Å²) in [6.07, 6.45) is 3.29. The van der Waals surface area contributed by atoms with Crippen molar-refractivity contribution in [3.05, 3.63) is 36.0 Å². The minimum atomic E-state index is -0.00434. The van der Waals surface area contributed by atoms with Crippen molar-refractivity contribution in [2.24, 2.45) is 10.9 Å². The Morgan fingerprint density at radius 1 is 1.33 bits per heavy atom. The summed E-state index contributed by atoms with van der Waals surface area (Å²) in [5, 5.41) is 12.9. The van der Waals surface area contributed by atoms with Crippen LogP contribution in [0.25, 0.3) is 10.9 Å². The quantitative estimate of drug-likeness (QED) is 0.389. The maximum Gasteiger partial charge on any atom is 0.175 e. The number of pyridine rings is 1. The fourth-order valence-electron chi connectivity index (χ4n) is 2.44. The molecule has 0 atom stereocenters. The summed E-state index contributed by atoms with van der Waals surface area (Å²) in [5.41, 5.74) is 7.06. The SMILES string of the molecule is N/C(=N/O)c1cnc2ccccc2c1OC1CCOCC1. The van der Waals surface area contributed by atoms with Gasteiger partial charge in [0.2, 0.25) is 0 Å². The monoisotopic (exact) mass is 287 g/mol. The van der Waals surface area contributed by atoms with Crippen molar-refractivity contribution in [1.82, 2.24) is 4.98 Å². The topological polar surface area (TPSA) is 90.0 Å². The number of oxime groups is 1. The Labute approximate surface area is 122 Å².